The van der Waals surface area contributed by atoms with Gasteiger partial charge in [0, 0.05) is 25.9 Å². The number of rotatable bonds is 6. The van der Waals surface area contributed by atoms with Crippen LogP contribution in [-0.2, 0) is 6.54 Å². The van der Waals surface area contributed by atoms with Crippen molar-refractivity contribution in [3.8, 4) is 0 Å². The van der Waals surface area contributed by atoms with Crippen molar-refractivity contribution in [3.05, 3.63) is 48.2 Å². The number of aliphatic hydroxyl groups excluding tert-OH is 1. The van der Waals surface area contributed by atoms with Crippen LogP contribution in [-0.4, -0.2) is 32.8 Å². The highest BCUT2D eigenvalue weighted by molar-refractivity contribution is 5.87. The predicted octanol–water partition coefficient (Wildman–Crippen LogP) is 1.86. The second-order valence-electron chi connectivity index (χ2n) is 5.10. The monoisotopic (exact) mass is 297 g/mol. The van der Waals surface area contributed by atoms with Crippen molar-refractivity contribution in [2.75, 3.05) is 24.2 Å². The standard InChI is InChI=1S/C16H19N5O/c17-16-19-13-7-9-21(11-12-5-2-1-3-6-12)14(13)15(20-16)18-8-4-10-22/h1-3,5-7,9,22H,4,8,10-11H2,(H3,17,18,19,20). The molecule has 114 valence electrons. The topological polar surface area (TPSA) is 89.0 Å². The van der Waals surface area contributed by atoms with E-state index in [0.29, 0.717) is 18.8 Å². The minimum absolute atomic E-state index is 0.141. The summed E-state index contributed by atoms with van der Waals surface area (Å²) in [6.07, 6.45) is 2.65. The van der Waals surface area contributed by atoms with Gasteiger partial charge < -0.3 is 20.7 Å². The van der Waals surface area contributed by atoms with Crippen LogP contribution < -0.4 is 11.1 Å². The van der Waals surface area contributed by atoms with Crippen molar-refractivity contribution in [2.24, 2.45) is 0 Å². The molecule has 0 atom stereocenters. The summed E-state index contributed by atoms with van der Waals surface area (Å²) in [6, 6.07) is 12.2. The minimum Gasteiger partial charge on any atom is -0.396 e. The number of benzene rings is 1. The SMILES string of the molecule is Nc1nc(NCCCO)c2c(ccn2Cc2ccccc2)n1. The molecule has 0 aliphatic rings. The molecule has 0 saturated heterocycles. The van der Waals surface area contributed by atoms with E-state index in [-0.39, 0.29) is 12.6 Å². The highest BCUT2D eigenvalue weighted by atomic mass is 16.3. The van der Waals surface area contributed by atoms with Crippen molar-refractivity contribution >= 4 is 22.8 Å². The quantitative estimate of drug-likeness (QED) is 0.604. The van der Waals surface area contributed by atoms with Gasteiger partial charge in [-0.25, -0.2) is 4.98 Å². The molecule has 0 spiro atoms. The van der Waals surface area contributed by atoms with Crippen LogP contribution in [0, 0.1) is 0 Å². The van der Waals surface area contributed by atoms with Crippen molar-refractivity contribution < 1.29 is 5.11 Å². The lowest BCUT2D eigenvalue weighted by molar-refractivity contribution is 0.292. The van der Waals surface area contributed by atoms with E-state index in [2.05, 4.69) is 32.0 Å². The van der Waals surface area contributed by atoms with E-state index in [4.69, 9.17) is 10.8 Å². The second-order valence-corrected chi connectivity index (χ2v) is 5.10. The molecule has 0 saturated carbocycles. The van der Waals surface area contributed by atoms with Gasteiger partial charge in [-0.1, -0.05) is 30.3 Å². The number of aliphatic hydroxyl groups is 1. The molecule has 0 fully saturated rings. The molecule has 2 aromatic heterocycles. The zero-order valence-electron chi connectivity index (χ0n) is 12.2. The van der Waals surface area contributed by atoms with Gasteiger partial charge in [-0.2, -0.15) is 4.98 Å². The Hall–Kier alpha value is -2.60. The molecule has 6 heteroatoms. The number of nitrogens with one attached hydrogen (secondary N) is 1. The van der Waals surface area contributed by atoms with E-state index in [1.165, 1.54) is 5.56 Å². The molecular weight excluding hydrogens is 278 g/mol. The van der Waals surface area contributed by atoms with Gasteiger partial charge in [0.25, 0.3) is 0 Å². The number of hydrogen-bond donors (Lipinski definition) is 3. The van der Waals surface area contributed by atoms with Gasteiger partial charge in [0.1, 0.15) is 5.52 Å². The largest absolute Gasteiger partial charge is 0.396 e. The molecule has 0 aliphatic heterocycles. The maximum absolute atomic E-state index is 8.92. The molecule has 0 radical (unpaired) electrons. The molecule has 0 bridgehead atoms. The van der Waals surface area contributed by atoms with Gasteiger partial charge in [0.2, 0.25) is 5.95 Å². The number of nitrogens with zero attached hydrogens (tertiary/aromatic N) is 3. The van der Waals surface area contributed by atoms with Gasteiger partial charge in [0.05, 0.1) is 5.52 Å². The van der Waals surface area contributed by atoms with E-state index in [0.717, 1.165) is 17.6 Å². The fraction of sp³-hybridized carbons (Fsp3) is 0.250. The summed E-state index contributed by atoms with van der Waals surface area (Å²) in [6.45, 7) is 1.52. The average molecular weight is 297 g/mol. The van der Waals surface area contributed by atoms with Crippen LogP contribution >= 0.6 is 0 Å². The zero-order chi connectivity index (χ0) is 15.4. The van der Waals surface area contributed by atoms with E-state index < -0.39 is 0 Å². The lowest BCUT2D eigenvalue weighted by Gasteiger charge is -2.11. The second kappa shape index (κ2) is 6.44. The smallest absolute Gasteiger partial charge is 0.222 e. The first-order chi connectivity index (χ1) is 10.8. The zero-order valence-corrected chi connectivity index (χ0v) is 12.2. The summed E-state index contributed by atoms with van der Waals surface area (Å²) in [7, 11) is 0. The van der Waals surface area contributed by atoms with Crippen LogP contribution in [0.5, 0.6) is 0 Å². The number of nitrogens with two attached hydrogens (primary N) is 1. The van der Waals surface area contributed by atoms with Crippen molar-refractivity contribution in [1.29, 1.82) is 0 Å². The van der Waals surface area contributed by atoms with Gasteiger partial charge in [0.15, 0.2) is 5.82 Å². The number of anilines is 2. The third-order valence-electron chi connectivity index (χ3n) is 3.45. The molecule has 6 nitrogen and oxygen atoms in total. The molecule has 4 N–H and O–H groups in total. The van der Waals surface area contributed by atoms with Gasteiger partial charge in [-0.15, -0.1) is 0 Å². The first-order valence-electron chi connectivity index (χ1n) is 7.29. The molecular formula is C16H19N5O. The highest BCUT2D eigenvalue weighted by Gasteiger charge is 2.11. The Bertz CT molecular complexity index is 754. The van der Waals surface area contributed by atoms with E-state index in [1.54, 1.807) is 0 Å². The van der Waals surface area contributed by atoms with Crippen molar-refractivity contribution in [1.82, 2.24) is 14.5 Å². The Kier molecular flexibility index (Phi) is 4.20. The molecule has 3 rings (SSSR count). The van der Waals surface area contributed by atoms with E-state index in [1.807, 2.05) is 30.5 Å². The summed E-state index contributed by atoms with van der Waals surface area (Å²) in [5, 5.41) is 12.1. The summed E-state index contributed by atoms with van der Waals surface area (Å²) < 4.78 is 2.10. The van der Waals surface area contributed by atoms with Gasteiger partial charge in [-0.3, -0.25) is 0 Å². The number of nitrogen functional groups attached to an aromatic ring is 1. The third-order valence-corrected chi connectivity index (χ3v) is 3.45. The lowest BCUT2D eigenvalue weighted by atomic mass is 10.2. The lowest BCUT2D eigenvalue weighted by Crippen LogP contribution is -2.10. The Morgan fingerprint density at radius 2 is 1.95 bits per heavy atom. The summed E-state index contributed by atoms with van der Waals surface area (Å²) in [4.78, 5) is 8.58. The first-order valence-corrected chi connectivity index (χ1v) is 7.29. The van der Waals surface area contributed by atoms with Crippen LogP contribution in [0.2, 0.25) is 0 Å². The maximum Gasteiger partial charge on any atom is 0.222 e. The number of hydrogen-bond acceptors (Lipinski definition) is 5. The highest BCUT2D eigenvalue weighted by Crippen LogP contribution is 2.23. The van der Waals surface area contributed by atoms with Crippen LogP contribution in [0.15, 0.2) is 42.6 Å². The Labute approximate surface area is 128 Å². The Morgan fingerprint density at radius 3 is 2.73 bits per heavy atom. The predicted molar refractivity (Wildman–Crippen MR) is 87.7 cm³/mol. The fourth-order valence-corrected chi connectivity index (χ4v) is 2.45. The molecule has 0 unspecified atom stereocenters. The molecule has 3 aromatic rings. The van der Waals surface area contributed by atoms with E-state index >= 15 is 0 Å². The summed E-state index contributed by atoms with van der Waals surface area (Å²) in [5.41, 5.74) is 8.72. The first kappa shape index (κ1) is 14.3. The third kappa shape index (κ3) is 3.01. The molecule has 0 aliphatic carbocycles. The van der Waals surface area contributed by atoms with Crippen LogP contribution in [0.4, 0.5) is 11.8 Å². The summed E-state index contributed by atoms with van der Waals surface area (Å²) >= 11 is 0. The normalized spacial score (nSPS) is 11.0. The number of fused-ring (bicyclic) bond motifs is 1. The van der Waals surface area contributed by atoms with Crippen molar-refractivity contribution in [2.45, 2.75) is 13.0 Å². The minimum atomic E-state index is 0.141. The Morgan fingerprint density at radius 1 is 1.14 bits per heavy atom. The molecule has 2 heterocycles. The molecule has 1 aromatic carbocycles. The fourth-order valence-electron chi connectivity index (χ4n) is 2.45. The maximum atomic E-state index is 8.92. The van der Waals surface area contributed by atoms with Crippen molar-refractivity contribution in [3.63, 3.8) is 0 Å². The average Bonchev–Trinajstić information content (AvgIpc) is 2.91. The molecule has 22 heavy (non-hydrogen) atoms. The van der Waals surface area contributed by atoms with Gasteiger partial charge in [-0.05, 0) is 18.1 Å². The molecule has 0 amide bonds. The Balaban J connectivity index is 1.96. The number of aromatic nitrogens is 3. The van der Waals surface area contributed by atoms with Crippen LogP contribution in [0.25, 0.3) is 11.0 Å². The van der Waals surface area contributed by atoms with Crippen LogP contribution in [0.1, 0.15) is 12.0 Å². The van der Waals surface area contributed by atoms with E-state index in [9.17, 15) is 0 Å². The van der Waals surface area contributed by atoms with Gasteiger partial charge >= 0.3 is 0 Å². The summed E-state index contributed by atoms with van der Waals surface area (Å²) in [5.74, 6) is 0.952. The van der Waals surface area contributed by atoms with Crippen LogP contribution in [0.3, 0.4) is 0 Å².